The van der Waals surface area contributed by atoms with E-state index >= 15 is 0 Å². The van der Waals surface area contributed by atoms with Crippen molar-refractivity contribution in [2.75, 3.05) is 18.0 Å². The van der Waals surface area contributed by atoms with Crippen LogP contribution in [0.5, 0.6) is 0 Å². The fourth-order valence-electron chi connectivity index (χ4n) is 2.86. The van der Waals surface area contributed by atoms with Crippen LogP contribution in [-0.4, -0.2) is 25.2 Å². The molecule has 16 heavy (non-hydrogen) atoms. The lowest BCUT2D eigenvalue weighted by molar-refractivity contribution is 0.429. The number of rotatable bonds is 0. The minimum absolute atomic E-state index is 0.162. The minimum atomic E-state index is -0.162. The van der Waals surface area contributed by atoms with Gasteiger partial charge in [-0.15, -0.1) is 0 Å². The summed E-state index contributed by atoms with van der Waals surface area (Å²) in [6.45, 7) is 4.17. The summed E-state index contributed by atoms with van der Waals surface area (Å²) in [5.74, 6) is -0.162. The molecule has 0 aromatic heterocycles. The Morgan fingerprint density at radius 1 is 1.44 bits per heavy atom. The Morgan fingerprint density at radius 3 is 3.06 bits per heavy atom. The summed E-state index contributed by atoms with van der Waals surface area (Å²) in [4.78, 5) is 2.36. The Kier molecular flexibility index (Phi) is 2.44. The second-order valence-corrected chi connectivity index (χ2v) is 5.52. The molecular formula is C12H14BrFN2. The quantitative estimate of drug-likeness (QED) is 0.787. The number of anilines is 1. The first-order chi connectivity index (χ1) is 7.66. The molecule has 0 spiro atoms. The summed E-state index contributed by atoms with van der Waals surface area (Å²) < 4.78 is 14.1. The van der Waals surface area contributed by atoms with E-state index in [0.29, 0.717) is 16.6 Å². The summed E-state index contributed by atoms with van der Waals surface area (Å²) in [6.07, 6.45) is 1.02. The zero-order chi connectivity index (χ0) is 11.3. The molecule has 0 saturated carbocycles. The molecule has 0 radical (unpaired) electrons. The van der Waals surface area contributed by atoms with Crippen LogP contribution in [0.3, 0.4) is 0 Å². The maximum absolute atomic E-state index is 13.6. The van der Waals surface area contributed by atoms with Crippen LogP contribution < -0.4 is 10.2 Å². The number of piperazine rings is 1. The summed E-state index contributed by atoms with van der Waals surface area (Å²) in [6, 6.07) is 4.53. The molecule has 0 aliphatic carbocycles. The van der Waals surface area contributed by atoms with Crippen LogP contribution in [0.15, 0.2) is 16.6 Å². The number of nitrogens with one attached hydrogen (secondary N) is 1. The number of fused-ring (bicyclic) bond motifs is 3. The maximum Gasteiger partial charge on any atom is 0.139 e. The average Bonchev–Trinajstić information content (AvgIpc) is 2.58. The molecule has 2 heterocycles. The third kappa shape index (κ3) is 1.47. The van der Waals surface area contributed by atoms with E-state index in [1.165, 1.54) is 5.56 Å². The van der Waals surface area contributed by atoms with E-state index in [-0.39, 0.29) is 5.82 Å². The van der Waals surface area contributed by atoms with Gasteiger partial charge in [0.1, 0.15) is 5.82 Å². The Bertz CT molecular complexity index is 435. The average molecular weight is 285 g/mol. The molecule has 2 aliphatic heterocycles. The van der Waals surface area contributed by atoms with Crippen molar-refractivity contribution < 1.29 is 4.39 Å². The molecule has 4 heteroatoms. The summed E-state index contributed by atoms with van der Waals surface area (Å²) in [7, 11) is 0. The lowest BCUT2D eigenvalue weighted by atomic mass is 10.1. The molecule has 1 aromatic rings. The summed E-state index contributed by atoms with van der Waals surface area (Å²) in [5.41, 5.74) is 2.34. The molecule has 1 N–H and O–H groups in total. The van der Waals surface area contributed by atoms with Crippen LogP contribution in [0.1, 0.15) is 12.5 Å². The monoisotopic (exact) mass is 284 g/mol. The van der Waals surface area contributed by atoms with Crippen molar-refractivity contribution in [2.45, 2.75) is 25.4 Å². The number of nitrogens with zero attached hydrogens (tertiary/aromatic N) is 1. The van der Waals surface area contributed by atoms with Gasteiger partial charge < -0.3 is 10.2 Å². The van der Waals surface area contributed by atoms with Crippen molar-refractivity contribution in [3.8, 4) is 0 Å². The first-order valence-electron chi connectivity index (χ1n) is 5.64. The second-order valence-electron chi connectivity index (χ2n) is 4.67. The van der Waals surface area contributed by atoms with E-state index in [0.717, 1.165) is 25.2 Å². The minimum Gasteiger partial charge on any atom is -0.363 e. The molecular weight excluding hydrogens is 271 g/mol. The normalized spacial score (nSPS) is 27.8. The fraction of sp³-hybridized carbons (Fsp3) is 0.500. The zero-order valence-electron chi connectivity index (χ0n) is 9.13. The van der Waals surface area contributed by atoms with Gasteiger partial charge in [-0.2, -0.15) is 0 Å². The molecule has 2 nitrogen and oxygen atoms in total. The van der Waals surface area contributed by atoms with Crippen LogP contribution in [0, 0.1) is 5.82 Å². The third-order valence-electron chi connectivity index (χ3n) is 3.54. The summed E-state index contributed by atoms with van der Waals surface area (Å²) in [5, 5.41) is 3.42. The highest BCUT2D eigenvalue weighted by Gasteiger charge is 2.35. The van der Waals surface area contributed by atoms with E-state index in [1.807, 2.05) is 6.07 Å². The van der Waals surface area contributed by atoms with Gasteiger partial charge in [0.2, 0.25) is 0 Å². The van der Waals surface area contributed by atoms with Crippen LogP contribution in [0.2, 0.25) is 0 Å². The van der Waals surface area contributed by atoms with E-state index in [1.54, 1.807) is 6.07 Å². The van der Waals surface area contributed by atoms with Crippen LogP contribution in [-0.2, 0) is 6.42 Å². The highest BCUT2D eigenvalue weighted by atomic mass is 79.9. The van der Waals surface area contributed by atoms with Gasteiger partial charge in [-0.1, -0.05) is 0 Å². The van der Waals surface area contributed by atoms with Crippen LogP contribution in [0.4, 0.5) is 10.1 Å². The number of halogens is 2. The van der Waals surface area contributed by atoms with Gasteiger partial charge in [0.15, 0.2) is 0 Å². The van der Waals surface area contributed by atoms with Crippen molar-refractivity contribution in [3.05, 3.63) is 28.0 Å². The van der Waals surface area contributed by atoms with Crippen LogP contribution in [0.25, 0.3) is 0 Å². The molecule has 2 atom stereocenters. The highest BCUT2D eigenvalue weighted by Crippen LogP contribution is 2.37. The van der Waals surface area contributed by atoms with Gasteiger partial charge in [0.05, 0.1) is 4.47 Å². The van der Waals surface area contributed by atoms with Crippen molar-refractivity contribution in [2.24, 2.45) is 0 Å². The molecule has 1 aromatic carbocycles. The molecule has 2 aliphatic rings. The number of benzene rings is 1. The molecule has 1 fully saturated rings. The SMILES string of the molecule is C[C@@H]1CNC[C@@H]2Cc3cc(Br)c(F)cc3N21. The molecule has 1 saturated heterocycles. The smallest absolute Gasteiger partial charge is 0.139 e. The Balaban J connectivity index is 2.06. The predicted molar refractivity (Wildman–Crippen MR) is 66.4 cm³/mol. The highest BCUT2D eigenvalue weighted by molar-refractivity contribution is 9.10. The van der Waals surface area contributed by atoms with Gasteiger partial charge in [0.25, 0.3) is 0 Å². The third-order valence-corrected chi connectivity index (χ3v) is 4.15. The second kappa shape index (κ2) is 3.70. The Labute approximate surface area is 103 Å². The zero-order valence-corrected chi connectivity index (χ0v) is 10.7. The van der Waals surface area contributed by atoms with Gasteiger partial charge in [-0.3, -0.25) is 0 Å². The topological polar surface area (TPSA) is 15.3 Å². The first kappa shape index (κ1) is 10.5. The van der Waals surface area contributed by atoms with E-state index in [4.69, 9.17) is 0 Å². The van der Waals surface area contributed by atoms with Gasteiger partial charge >= 0.3 is 0 Å². The molecule has 3 rings (SSSR count). The molecule has 0 amide bonds. The fourth-order valence-corrected chi connectivity index (χ4v) is 3.25. The molecule has 0 unspecified atom stereocenters. The number of hydrogen-bond acceptors (Lipinski definition) is 2. The predicted octanol–water partition coefficient (Wildman–Crippen LogP) is 2.31. The van der Waals surface area contributed by atoms with Crippen molar-refractivity contribution in [1.29, 1.82) is 0 Å². The Morgan fingerprint density at radius 2 is 2.25 bits per heavy atom. The van der Waals surface area contributed by atoms with Crippen LogP contribution >= 0.6 is 15.9 Å². The van der Waals surface area contributed by atoms with E-state index in [9.17, 15) is 4.39 Å². The van der Waals surface area contributed by atoms with Crippen molar-refractivity contribution in [1.82, 2.24) is 5.32 Å². The lowest BCUT2D eigenvalue weighted by Crippen LogP contribution is -2.54. The van der Waals surface area contributed by atoms with E-state index < -0.39 is 0 Å². The van der Waals surface area contributed by atoms with E-state index in [2.05, 4.69) is 33.1 Å². The van der Waals surface area contributed by atoms with Gasteiger partial charge in [-0.25, -0.2) is 4.39 Å². The number of hydrogen-bond donors (Lipinski definition) is 1. The largest absolute Gasteiger partial charge is 0.363 e. The molecule has 86 valence electrons. The maximum atomic E-state index is 13.6. The van der Waals surface area contributed by atoms with Gasteiger partial charge in [0, 0.05) is 30.9 Å². The van der Waals surface area contributed by atoms with Gasteiger partial charge in [-0.05, 0) is 47.0 Å². The molecule has 0 bridgehead atoms. The van der Waals surface area contributed by atoms with Crippen molar-refractivity contribution in [3.63, 3.8) is 0 Å². The standard InChI is InChI=1S/C12H14BrFN2/c1-7-5-15-6-9-2-8-3-10(13)11(14)4-12(8)16(7)9/h3-4,7,9,15H,2,5-6H2,1H3/t7-,9+/m1/s1. The Hall–Kier alpha value is -0.610. The summed E-state index contributed by atoms with van der Waals surface area (Å²) >= 11 is 3.25. The van der Waals surface area contributed by atoms with Crippen molar-refractivity contribution >= 4 is 21.6 Å². The lowest BCUT2D eigenvalue weighted by Gasteiger charge is -2.38. The first-order valence-corrected chi connectivity index (χ1v) is 6.43.